The summed E-state index contributed by atoms with van der Waals surface area (Å²) in [5, 5.41) is 3.83. The van der Waals surface area contributed by atoms with Crippen molar-refractivity contribution in [3.8, 4) is 0 Å². The Labute approximate surface area is 275 Å². The molecule has 1 N–H and O–H groups in total. The molecule has 0 aliphatic heterocycles. The van der Waals surface area contributed by atoms with Gasteiger partial charge >= 0.3 is 0 Å². The molecule has 0 radical (unpaired) electrons. The van der Waals surface area contributed by atoms with E-state index in [1.807, 2.05) is 51.1 Å². The molecule has 0 aliphatic carbocycles. The van der Waals surface area contributed by atoms with E-state index in [0.717, 1.165) is 15.4 Å². The van der Waals surface area contributed by atoms with Gasteiger partial charge < -0.3 is 10.2 Å². The first-order valence-corrected chi connectivity index (χ1v) is 16.8. The second-order valence-corrected chi connectivity index (χ2v) is 14.0. The maximum Gasteiger partial charge on any atom is 0.264 e. The fraction of sp³-hybridized carbons (Fsp3) is 0.257. The van der Waals surface area contributed by atoms with Crippen LogP contribution in [0.25, 0.3) is 0 Å². The lowest BCUT2D eigenvalue weighted by Gasteiger charge is -2.34. The van der Waals surface area contributed by atoms with Crippen LogP contribution in [0.2, 0.25) is 10.0 Å². The van der Waals surface area contributed by atoms with Crippen molar-refractivity contribution < 1.29 is 18.0 Å². The molecule has 4 aromatic rings. The Morgan fingerprint density at radius 2 is 1.44 bits per heavy atom. The first kappa shape index (κ1) is 34.0. The molecule has 236 valence electrons. The first-order valence-electron chi connectivity index (χ1n) is 14.6. The third kappa shape index (κ3) is 9.10. The molecule has 0 spiro atoms. The highest BCUT2D eigenvalue weighted by Gasteiger charge is 2.35. The second-order valence-electron chi connectivity index (χ2n) is 11.3. The van der Waals surface area contributed by atoms with Crippen LogP contribution >= 0.6 is 23.2 Å². The number of sulfonamides is 1. The number of halogens is 2. The van der Waals surface area contributed by atoms with Crippen LogP contribution in [0.3, 0.4) is 0 Å². The minimum atomic E-state index is -4.20. The molecule has 0 fully saturated rings. The summed E-state index contributed by atoms with van der Waals surface area (Å²) < 4.78 is 29.2. The predicted molar refractivity (Wildman–Crippen MR) is 181 cm³/mol. The highest BCUT2D eigenvalue weighted by molar-refractivity contribution is 7.92. The highest BCUT2D eigenvalue weighted by atomic mass is 35.5. The number of nitrogens with zero attached hydrogens (tertiary/aromatic N) is 2. The Balaban J connectivity index is 1.80. The van der Waals surface area contributed by atoms with Gasteiger partial charge in [-0.1, -0.05) is 103 Å². The van der Waals surface area contributed by atoms with E-state index in [1.54, 1.807) is 60.7 Å². The van der Waals surface area contributed by atoms with Crippen molar-refractivity contribution in [1.82, 2.24) is 10.2 Å². The summed E-state index contributed by atoms with van der Waals surface area (Å²) in [5.41, 5.74) is 2.63. The number of hydrogen-bond donors (Lipinski definition) is 1. The third-order valence-electron chi connectivity index (χ3n) is 7.26. The van der Waals surface area contributed by atoms with Crippen molar-refractivity contribution in [2.24, 2.45) is 5.92 Å². The van der Waals surface area contributed by atoms with Gasteiger partial charge in [-0.05, 0) is 66.4 Å². The summed E-state index contributed by atoms with van der Waals surface area (Å²) in [5.74, 6) is -0.729. The third-order valence-corrected chi connectivity index (χ3v) is 9.67. The zero-order chi connectivity index (χ0) is 32.6. The zero-order valence-electron chi connectivity index (χ0n) is 25.5. The van der Waals surface area contributed by atoms with Gasteiger partial charge in [0.25, 0.3) is 10.0 Å². The number of carbonyl (C=O) groups is 2. The Morgan fingerprint density at radius 1 is 0.822 bits per heavy atom. The zero-order valence-corrected chi connectivity index (χ0v) is 27.8. The molecule has 7 nitrogen and oxygen atoms in total. The summed E-state index contributed by atoms with van der Waals surface area (Å²) in [4.78, 5) is 29.8. The molecule has 0 saturated carbocycles. The van der Waals surface area contributed by atoms with Crippen molar-refractivity contribution in [2.75, 3.05) is 17.4 Å². The largest absolute Gasteiger partial charge is 0.354 e. The van der Waals surface area contributed by atoms with E-state index in [-0.39, 0.29) is 35.4 Å². The summed E-state index contributed by atoms with van der Waals surface area (Å²) in [6, 6.07) is 28.2. The Morgan fingerprint density at radius 3 is 2.07 bits per heavy atom. The molecular weight excluding hydrogens is 629 g/mol. The van der Waals surface area contributed by atoms with Crippen LogP contribution < -0.4 is 9.62 Å². The Kier molecular flexibility index (Phi) is 11.7. The monoisotopic (exact) mass is 665 g/mol. The van der Waals surface area contributed by atoms with Crippen LogP contribution in [0, 0.1) is 12.8 Å². The normalized spacial score (nSPS) is 12.0. The van der Waals surface area contributed by atoms with Crippen LogP contribution in [-0.4, -0.2) is 44.3 Å². The van der Waals surface area contributed by atoms with Crippen molar-refractivity contribution in [3.05, 3.63) is 130 Å². The van der Waals surface area contributed by atoms with Crippen LogP contribution in [0.4, 0.5) is 5.69 Å². The van der Waals surface area contributed by atoms with Gasteiger partial charge in [0.2, 0.25) is 11.8 Å². The molecule has 0 saturated heterocycles. The van der Waals surface area contributed by atoms with Crippen molar-refractivity contribution >= 4 is 50.7 Å². The number of nitrogens with one attached hydrogen (secondary N) is 1. The quantitative estimate of drug-likeness (QED) is 0.168. The smallest absolute Gasteiger partial charge is 0.264 e. The van der Waals surface area contributed by atoms with Crippen molar-refractivity contribution in [2.45, 2.75) is 44.7 Å². The van der Waals surface area contributed by atoms with Crippen LogP contribution in [0.1, 0.15) is 30.5 Å². The number of hydrogen-bond acceptors (Lipinski definition) is 4. The number of benzene rings is 4. The topological polar surface area (TPSA) is 86.8 Å². The minimum absolute atomic E-state index is 0.00978. The van der Waals surface area contributed by atoms with Gasteiger partial charge in [0.05, 0.1) is 10.6 Å². The van der Waals surface area contributed by atoms with E-state index in [2.05, 4.69) is 5.32 Å². The summed E-state index contributed by atoms with van der Waals surface area (Å²) in [6.07, 6.45) is 0.215. The van der Waals surface area contributed by atoms with Crippen molar-refractivity contribution in [1.29, 1.82) is 0 Å². The second kappa shape index (κ2) is 15.4. The fourth-order valence-corrected chi connectivity index (χ4v) is 6.50. The van der Waals surface area contributed by atoms with Gasteiger partial charge in [0.1, 0.15) is 12.6 Å². The SMILES string of the molecule is Cc1ccc(S(=O)(=O)N(CC(=O)N(Cc2ccccc2Cl)[C@@H](Cc2ccccc2)C(=O)NCC(C)C)c2ccc(Cl)cc2)cc1. The van der Waals surface area contributed by atoms with Gasteiger partial charge in [-0.25, -0.2) is 8.42 Å². The summed E-state index contributed by atoms with van der Waals surface area (Å²) >= 11 is 12.7. The van der Waals surface area contributed by atoms with Gasteiger partial charge in [-0.15, -0.1) is 0 Å². The number of aryl methyl sites for hydroxylation is 1. The average Bonchev–Trinajstić information content (AvgIpc) is 3.02. The number of anilines is 1. The lowest BCUT2D eigenvalue weighted by molar-refractivity contribution is -0.140. The molecule has 2 amide bonds. The van der Waals surface area contributed by atoms with Crippen LogP contribution in [0.15, 0.2) is 108 Å². The van der Waals surface area contributed by atoms with E-state index in [1.165, 1.54) is 17.0 Å². The van der Waals surface area contributed by atoms with E-state index < -0.39 is 28.5 Å². The lowest BCUT2D eigenvalue weighted by atomic mass is 10.0. The van der Waals surface area contributed by atoms with E-state index >= 15 is 0 Å². The number of amides is 2. The molecular formula is C35H37Cl2N3O4S. The Hall–Kier alpha value is -3.85. The summed E-state index contributed by atoms with van der Waals surface area (Å²) in [7, 11) is -4.20. The molecule has 45 heavy (non-hydrogen) atoms. The van der Waals surface area contributed by atoms with E-state index in [0.29, 0.717) is 22.2 Å². The highest BCUT2D eigenvalue weighted by Crippen LogP contribution is 2.27. The molecule has 10 heteroatoms. The minimum Gasteiger partial charge on any atom is -0.354 e. The van der Waals surface area contributed by atoms with E-state index in [9.17, 15) is 18.0 Å². The number of carbonyl (C=O) groups excluding carboxylic acids is 2. The molecule has 0 bridgehead atoms. The van der Waals surface area contributed by atoms with Crippen LogP contribution in [0.5, 0.6) is 0 Å². The maximum absolute atomic E-state index is 14.5. The lowest BCUT2D eigenvalue weighted by Crippen LogP contribution is -2.53. The standard InChI is InChI=1S/C35H37Cl2N3O4S/c1-25(2)22-38-35(42)33(21-27-9-5-4-6-10-27)39(23-28-11-7-8-12-32(28)37)34(41)24-40(30-17-15-29(36)16-18-30)45(43,44)31-19-13-26(3)14-20-31/h4-20,25,33H,21-24H2,1-3H3,(H,38,42)/t33-/m0/s1. The number of rotatable bonds is 13. The molecule has 4 rings (SSSR count). The molecule has 4 aromatic carbocycles. The van der Waals surface area contributed by atoms with Crippen molar-refractivity contribution in [3.63, 3.8) is 0 Å². The molecule has 0 aromatic heterocycles. The fourth-order valence-electron chi connectivity index (χ4n) is 4.76. The molecule has 0 unspecified atom stereocenters. The summed E-state index contributed by atoms with van der Waals surface area (Å²) in [6.45, 7) is 5.67. The van der Waals surface area contributed by atoms with Crippen LogP contribution in [-0.2, 0) is 32.6 Å². The predicted octanol–water partition coefficient (Wildman–Crippen LogP) is 6.91. The molecule has 0 heterocycles. The van der Waals surface area contributed by atoms with E-state index in [4.69, 9.17) is 23.2 Å². The Bertz CT molecular complexity index is 1700. The average molecular weight is 667 g/mol. The van der Waals surface area contributed by atoms with Gasteiger partial charge in [0, 0.05) is 29.6 Å². The maximum atomic E-state index is 14.5. The van der Waals surface area contributed by atoms with Gasteiger partial charge in [-0.3, -0.25) is 13.9 Å². The molecule has 1 atom stereocenters. The molecule has 0 aliphatic rings. The van der Waals surface area contributed by atoms with Gasteiger partial charge in [-0.2, -0.15) is 0 Å². The first-order chi connectivity index (χ1) is 21.5. The van der Waals surface area contributed by atoms with Gasteiger partial charge in [0.15, 0.2) is 0 Å².